The quantitative estimate of drug-likeness (QED) is 0.0885. The average Bonchev–Trinajstić information content (AvgIpc) is 3.60. The number of aromatic nitrogens is 1. The molecule has 12 nitrogen and oxygen atoms in total. The van der Waals surface area contributed by atoms with Gasteiger partial charge in [0.25, 0.3) is 5.52 Å². The van der Waals surface area contributed by atoms with Crippen LogP contribution in [0.2, 0.25) is 0 Å². The molecular weight excluding hydrogens is 673 g/mol. The Morgan fingerprint density at radius 2 is 1.51 bits per heavy atom. The Hall–Kier alpha value is -4.83. The zero-order chi connectivity index (χ0) is 34.6. The van der Waals surface area contributed by atoms with Crippen LogP contribution >= 0.6 is 0 Å². The van der Waals surface area contributed by atoms with E-state index in [1.54, 1.807) is 21.6 Å². The highest BCUT2D eigenvalue weighted by molar-refractivity contribution is 7.81. The summed E-state index contributed by atoms with van der Waals surface area (Å²) in [7, 11) is -9.58. The van der Waals surface area contributed by atoms with Crippen molar-refractivity contribution in [3.8, 4) is 28.0 Å². The second-order valence-corrected chi connectivity index (χ2v) is 13.1. The van der Waals surface area contributed by atoms with Crippen LogP contribution < -0.4 is 14.2 Å². The first-order chi connectivity index (χ1) is 23.5. The Morgan fingerprint density at radius 3 is 2.14 bits per heavy atom. The van der Waals surface area contributed by atoms with Gasteiger partial charge in [-0.15, -0.1) is 0 Å². The lowest BCUT2D eigenvalue weighted by atomic mass is 10.0. The maximum Gasteiger partial charge on any atom is 0.397 e. The number of hydrogen-bond donors (Lipinski definition) is 1. The van der Waals surface area contributed by atoms with E-state index in [-0.39, 0.29) is 19.7 Å². The van der Waals surface area contributed by atoms with E-state index in [4.69, 9.17) is 9.15 Å². The van der Waals surface area contributed by atoms with E-state index < -0.39 is 27.4 Å². The van der Waals surface area contributed by atoms with Crippen LogP contribution in [0.5, 0.6) is 5.75 Å². The largest absolute Gasteiger partial charge is 0.726 e. The smallest absolute Gasteiger partial charge is 0.397 e. The first kappa shape index (κ1) is 34.0. The van der Waals surface area contributed by atoms with Crippen LogP contribution in [-0.2, 0) is 35.7 Å². The minimum absolute atomic E-state index is 0.00455. The summed E-state index contributed by atoms with van der Waals surface area (Å²) >= 11 is 0. The molecule has 0 atom stereocenters. The molecule has 14 heteroatoms. The van der Waals surface area contributed by atoms with Gasteiger partial charge < -0.3 is 18.6 Å². The van der Waals surface area contributed by atoms with Gasteiger partial charge in [-0.1, -0.05) is 79.7 Å². The van der Waals surface area contributed by atoms with E-state index in [9.17, 15) is 25.9 Å². The van der Waals surface area contributed by atoms with Crippen molar-refractivity contribution >= 4 is 43.7 Å². The van der Waals surface area contributed by atoms with Gasteiger partial charge in [-0.05, 0) is 52.4 Å². The molecule has 1 aliphatic heterocycles. The topological polar surface area (TPSA) is 160 Å². The zero-order valence-corrected chi connectivity index (χ0v) is 27.9. The Labute approximate surface area is 284 Å². The monoisotopic (exact) mass is 704 g/mol. The van der Waals surface area contributed by atoms with Crippen LogP contribution in [0.25, 0.3) is 39.4 Å². The molecule has 0 amide bonds. The van der Waals surface area contributed by atoms with Gasteiger partial charge in [0.2, 0.25) is 21.9 Å². The fraction of sp³-hybridized carbons (Fsp3) is 0.171. The Kier molecular flexibility index (Phi) is 9.96. The molecule has 0 radical (unpaired) electrons. The first-order valence-electron chi connectivity index (χ1n) is 15.3. The zero-order valence-electron chi connectivity index (χ0n) is 26.3. The number of rotatable bonds is 13. The second kappa shape index (κ2) is 14.3. The van der Waals surface area contributed by atoms with Crippen LogP contribution in [0, 0.1) is 0 Å². The van der Waals surface area contributed by atoms with Gasteiger partial charge in [0.15, 0.2) is 12.3 Å². The predicted molar refractivity (Wildman–Crippen MR) is 181 cm³/mol. The summed E-state index contributed by atoms with van der Waals surface area (Å²) in [5.74, 6) is 1.28. The Balaban J connectivity index is 1.39. The molecule has 0 spiro atoms. The molecule has 5 aromatic rings. The molecule has 49 heavy (non-hydrogen) atoms. The number of allylic oxidation sites excluding steroid dienone is 2. The second-order valence-electron chi connectivity index (χ2n) is 11.0. The highest BCUT2D eigenvalue weighted by atomic mass is 32.3. The average molecular weight is 705 g/mol. The lowest BCUT2D eigenvalue weighted by Gasteiger charge is -2.18. The van der Waals surface area contributed by atoms with Crippen LogP contribution in [0.1, 0.15) is 19.2 Å². The summed E-state index contributed by atoms with van der Waals surface area (Å²) in [6, 6.07) is 30.8. The lowest BCUT2D eigenvalue weighted by molar-refractivity contribution is -0.678. The fourth-order valence-corrected chi connectivity index (χ4v) is 6.09. The van der Waals surface area contributed by atoms with Crippen LogP contribution in [0.15, 0.2) is 119 Å². The highest BCUT2D eigenvalue weighted by Crippen LogP contribution is 2.42. The number of anilines is 1. The molecule has 2 heterocycles. The fourth-order valence-electron chi connectivity index (χ4n) is 5.53. The van der Waals surface area contributed by atoms with Crippen LogP contribution in [0.4, 0.5) is 5.69 Å². The number of hydrogen-bond acceptors (Lipinski definition) is 10. The van der Waals surface area contributed by atoms with Crippen molar-refractivity contribution in [2.45, 2.75) is 19.9 Å². The molecule has 0 fully saturated rings. The molecule has 0 bridgehead atoms. The third kappa shape index (κ3) is 8.43. The van der Waals surface area contributed by atoms with E-state index >= 15 is 0 Å². The van der Waals surface area contributed by atoms with Crippen molar-refractivity contribution < 1.29 is 48.0 Å². The summed E-state index contributed by atoms with van der Waals surface area (Å²) < 4.78 is 88.8. The normalized spacial score (nSPS) is 14.4. The minimum Gasteiger partial charge on any atom is -0.726 e. The van der Waals surface area contributed by atoms with Crippen molar-refractivity contribution in [2.75, 3.05) is 24.7 Å². The molecule has 0 saturated carbocycles. The molecule has 1 aliphatic rings. The summed E-state index contributed by atoms with van der Waals surface area (Å²) in [5.41, 5.74) is 6.36. The Morgan fingerprint density at radius 1 is 0.857 bits per heavy atom. The van der Waals surface area contributed by atoms with Crippen molar-refractivity contribution in [2.24, 2.45) is 0 Å². The van der Waals surface area contributed by atoms with E-state index in [0.29, 0.717) is 40.7 Å². The first-order valence-corrected chi connectivity index (χ1v) is 18.0. The van der Waals surface area contributed by atoms with Gasteiger partial charge in [0, 0.05) is 12.1 Å². The van der Waals surface area contributed by atoms with Gasteiger partial charge in [-0.3, -0.25) is 8.74 Å². The molecule has 4 aromatic carbocycles. The van der Waals surface area contributed by atoms with Gasteiger partial charge in [-0.25, -0.2) is 12.6 Å². The maximum absolute atomic E-state index is 11.3. The van der Waals surface area contributed by atoms with E-state index in [1.165, 1.54) is 0 Å². The summed E-state index contributed by atoms with van der Waals surface area (Å²) in [4.78, 5) is 1.75. The molecule has 1 N–H and O–H groups in total. The van der Waals surface area contributed by atoms with Crippen molar-refractivity contribution in [1.29, 1.82) is 0 Å². The molecule has 0 unspecified atom stereocenters. The summed E-state index contributed by atoms with van der Waals surface area (Å²) in [6.07, 6.45) is 4.06. The standard InChI is InChI=1S/C35H32N2O10S2/c1-2-25(21-34-36(17-19-44-48(38,39)40)30-23-28(13-15-32(30)46-34)26-9-5-3-6-10-26)22-35-37(18-20-45-49(41,42)43)31-24-29(14-16-33(31)47-35)27-11-7-4-8-12-27/h3-16,21-24H,2,17-20H2,1H3,(H-,38,39,40,41,42,43). The van der Waals surface area contributed by atoms with Gasteiger partial charge in [-0.2, -0.15) is 13.0 Å². The maximum atomic E-state index is 11.3. The molecule has 1 aromatic heterocycles. The number of oxazole rings is 1. The number of nitrogens with zero attached hydrogens (tertiary/aromatic N) is 2. The lowest BCUT2D eigenvalue weighted by Crippen LogP contribution is -2.38. The van der Waals surface area contributed by atoms with Crippen LogP contribution in [0.3, 0.4) is 0 Å². The van der Waals surface area contributed by atoms with Crippen LogP contribution in [-0.4, -0.2) is 45.7 Å². The van der Waals surface area contributed by atoms with E-state index in [2.05, 4.69) is 8.37 Å². The summed E-state index contributed by atoms with van der Waals surface area (Å²) in [6.45, 7) is 1.19. The van der Waals surface area contributed by atoms with Gasteiger partial charge >= 0.3 is 16.3 Å². The van der Waals surface area contributed by atoms with Gasteiger partial charge in [0.05, 0.1) is 24.9 Å². The molecule has 0 saturated heterocycles. The molecular formula is C35H32N2O10S2. The van der Waals surface area contributed by atoms with Crippen molar-refractivity contribution in [1.82, 2.24) is 0 Å². The Bertz CT molecular complexity index is 2250. The van der Waals surface area contributed by atoms with Crippen molar-refractivity contribution in [3.63, 3.8) is 0 Å². The number of ether oxygens (including phenoxy) is 1. The van der Waals surface area contributed by atoms with Crippen molar-refractivity contribution in [3.05, 3.63) is 120 Å². The third-order valence-electron chi connectivity index (χ3n) is 7.79. The SMILES string of the molecule is CCC(=C\c1oc2ccc(-c3ccccc3)cc2[n+]1CCOS(=O)(=O)[O-])/C=C1/Oc2ccc(-c3ccccc3)cc2N1CCOS(=O)(=O)O. The minimum atomic E-state index is -4.91. The van der Waals surface area contributed by atoms with E-state index in [1.807, 2.05) is 104 Å². The third-order valence-corrected chi connectivity index (χ3v) is 8.71. The molecule has 0 aliphatic carbocycles. The van der Waals surface area contributed by atoms with E-state index in [0.717, 1.165) is 27.8 Å². The number of fused-ring (bicyclic) bond motifs is 2. The molecule has 6 rings (SSSR count). The highest BCUT2D eigenvalue weighted by Gasteiger charge is 2.28. The predicted octanol–water partition coefficient (Wildman–Crippen LogP) is 5.88. The number of benzene rings is 4. The molecule has 254 valence electrons. The van der Waals surface area contributed by atoms with Gasteiger partial charge in [0.1, 0.15) is 6.61 Å². The summed E-state index contributed by atoms with van der Waals surface area (Å²) in [5, 5.41) is 0.